The molecule has 122 valence electrons. The molecule has 0 aliphatic rings. The molecule has 0 aromatic heterocycles. The number of carboxylic acid groups (broad SMARTS) is 1. The Morgan fingerprint density at radius 3 is 2.50 bits per heavy atom. The van der Waals surface area contributed by atoms with Crippen LogP contribution >= 0.6 is 0 Å². The minimum Gasteiger partial charge on any atom is -0.493 e. The summed E-state index contributed by atoms with van der Waals surface area (Å²) in [6.45, 7) is 6.89. The highest BCUT2D eigenvalue weighted by Crippen LogP contribution is 2.23. The number of aliphatic carboxylic acids is 1. The van der Waals surface area contributed by atoms with E-state index >= 15 is 0 Å². The molecule has 1 rings (SSSR count). The van der Waals surface area contributed by atoms with Crippen LogP contribution in [0.3, 0.4) is 0 Å². The van der Waals surface area contributed by atoms with Gasteiger partial charge in [-0.15, -0.1) is 0 Å². The Kier molecular flexibility index (Phi) is 5.93. The molecule has 1 amide bonds. The SMILES string of the molecule is Cc1cc(C)c(C)c(OCCC(=O)NCC(C)(O)C(=O)O)c1. The van der Waals surface area contributed by atoms with E-state index in [0.29, 0.717) is 0 Å². The number of carbonyl (C=O) groups is 2. The first kappa shape index (κ1) is 18.0. The maximum Gasteiger partial charge on any atom is 0.337 e. The van der Waals surface area contributed by atoms with Crippen molar-refractivity contribution in [3.8, 4) is 5.75 Å². The Bertz CT molecular complexity index is 566. The van der Waals surface area contributed by atoms with Crippen molar-refractivity contribution in [2.24, 2.45) is 0 Å². The van der Waals surface area contributed by atoms with Gasteiger partial charge in [0.2, 0.25) is 5.91 Å². The molecule has 0 radical (unpaired) electrons. The molecule has 0 fully saturated rings. The zero-order chi connectivity index (χ0) is 16.9. The van der Waals surface area contributed by atoms with Crippen LogP contribution in [0.15, 0.2) is 12.1 Å². The number of aryl methyl sites for hydroxylation is 2. The Morgan fingerprint density at radius 1 is 1.27 bits per heavy atom. The summed E-state index contributed by atoms with van der Waals surface area (Å²) in [6.07, 6.45) is 0.0854. The van der Waals surface area contributed by atoms with Crippen molar-refractivity contribution in [1.29, 1.82) is 0 Å². The highest BCUT2D eigenvalue weighted by Gasteiger charge is 2.30. The second kappa shape index (κ2) is 7.26. The number of aliphatic hydroxyl groups is 1. The third kappa shape index (κ3) is 5.04. The Hall–Kier alpha value is -2.08. The molecular weight excluding hydrogens is 286 g/mol. The fourth-order valence-electron chi connectivity index (χ4n) is 1.84. The highest BCUT2D eigenvalue weighted by molar-refractivity contribution is 5.80. The van der Waals surface area contributed by atoms with Crippen molar-refractivity contribution >= 4 is 11.9 Å². The van der Waals surface area contributed by atoms with E-state index in [4.69, 9.17) is 9.84 Å². The quantitative estimate of drug-likeness (QED) is 0.706. The van der Waals surface area contributed by atoms with Gasteiger partial charge < -0.3 is 20.3 Å². The van der Waals surface area contributed by atoms with Crippen LogP contribution in [-0.2, 0) is 9.59 Å². The zero-order valence-electron chi connectivity index (χ0n) is 13.4. The summed E-state index contributed by atoms with van der Waals surface area (Å²) < 4.78 is 5.61. The first-order chi connectivity index (χ1) is 10.1. The highest BCUT2D eigenvalue weighted by atomic mass is 16.5. The minimum absolute atomic E-state index is 0.0854. The molecule has 0 heterocycles. The molecule has 1 unspecified atom stereocenters. The van der Waals surface area contributed by atoms with E-state index in [9.17, 15) is 14.7 Å². The summed E-state index contributed by atoms with van der Waals surface area (Å²) in [5, 5.41) is 20.6. The van der Waals surface area contributed by atoms with E-state index in [0.717, 1.165) is 29.4 Å². The molecule has 1 aromatic rings. The fourth-order valence-corrected chi connectivity index (χ4v) is 1.84. The van der Waals surface area contributed by atoms with Gasteiger partial charge in [0.15, 0.2) is 5.60 Å². The van der Waals surface area contributed by atoms with E-state index < -0.39 is 11.6 Å². The van der Waals surface area contributed by atoms with E-state index in [1.807, 2.05) is 26.8 Å². The van der Waals surface area contributed by atoms with Gasteiger partial charge in [0.1, 0.15) is 5.75 Å². The largest absolute Gasteiger partial charge is 0.493 e. The molecule has 6 nitrogen and oxygen atoms in total. The smallest absolute Gasteiger partial charge is 0.337 e. The van der Waals surface area contributed by atoms with Crippen LogP contribution in [0.25, 0.3) is 0 Å². The van der Waals surface area contributed by atoms with Gasteiger partial charge >= 0.3 is 5.97 Å². The van der Waals surface area contributed by atoms with E-state index in [1.165, 1.54) is 0 Å². The third-order valence-electron chi connectivity index (χ3n) is 3.44. The number of benzene rings is 1. The Labute approximate surface area is 130 Å². The van der Waals surface area contributed by atoms with Crippen LogP contribution < -0.4 is 10.1 Å². The lowest BCUT2D eigenvalue weighted by Crippen LogP contribution is -2.46. The molecule has 0 bridgehead atoms. The molecule has 0 saturated heterocycles. The van der Waals surface area contributed by atoms with Crippen LogP contribution in [0.5, 0.6) is 5.75 Å². The number of carbonyl (C=O) groups excluding carboxylic acids is 1. The van der Waals surface area contributed by atoms with Crippen molar-refractivity contribution < 1.29 is 24.5 Å². The van der Waals surface area contributed by atoms with Crippen molar-refractivity contribution in [2.45, 2.75) is 39.7 Å². The number of hydrogen-bond acceptors (Lipinski definition) is 4. The van der Waals surface area contributed by atoms with Crippen LogP contribution in [0.4, 0.5) is 0 Å². The topological polar surface area (TPSA) is 95.9 Å². The van der Waals surface area contributed by atoms with E-state index in [2.05, 4.69) is 11.4 Å². The predicted octanol–water partition coefficient (Wildman–Crippen LogP) is 1.33. The predicted molar refractivity (Wildman–Crippen MR) is 82.0 cm³/mol. The van der Waals surface area contributed by atoms with Crippen LogP contribution in [-0.4, -0.2) is 40.8 Å². The standard InChI is InChI=1S/C16H23NO5/c1-10-7-11(2)12(3)13(8-10)22-6-5-14(18)17-9-16(4,21)15(19)20/h7-8,21H,5-6,9H2,1-4H3,(H,17,18)(H,19,20). The lowest BCUT2D eigenvalue weighted by molar-refractivity contribution is -0.156. The molecule has 0 aliphatic carbocycles. The molecule has 6 heteroatoms. The normalized spacial score (nSPS) is 13.3. The van der Waals surface area contributed by atoms with Gasteiger partial charge in [-0.25, -0.2) is 4.79 Å². The molecule has 22 heavy (non-hydrogen) atoms. The van der Waals surface area contributed by atoms with Crippen molar-refractivity contribution in [2.75, 3.05) is 13.2 Å². The number of nitrogens with one attached hydrogen (secondary N) is 1. The van der Waals surface area contributed by atoms with Crippen LogP contribution in [0, 0.1) is 20.8 Å². The third-order valence-corrected chi connectivity index (χ3v) is 3.44. The maximum atomic E-state index is 11.6. The Morgan fingerprint density at radius 2 is 1.91 bits per heavy atom. The fraction of sp³-hybridized carbons (Fsp3) is 0.500. The summed E-state index contributed by atoms with van der Waals surface area (Å²) in [5.41, 5.74) is 1.26. The molecule has 0 spiro atoms. The van der Waals surface area contributed by atoms with Gasteiger partial charge in [-0.3, -0.25) is 4.79 Å². The molecule has 0 saturated carbocycles. The second-order valence-electron chi connectivity index (χ2n) is 5.66. The van der Waals surface area contributed by atoms with Gasteiger partial charge in [0.05, 0.1) is 19.6 Å². The summed E-state index contributed by atoms with van der Waals surface area (Å²) in [7, 11) is 0. The zero-order valence-corrected chi connectivity index (χ0v) is 13.4. The monoisotopic (exact) mass is 309 g/mol. The average molecular weight is 309 g/mol. The van der Waals surface area contributed by atoms with Gasteiger partial charge in [-0.2, -0.15) is 0 Å². The lowest BCUT2D eigenvalue weighted by Gasteiger charge is -2.18. The van der Waals surface area contributed by atoms with Crippen LogP contribution in [0.2, 0.25) is 0 Å². The number of carboxylic acids is 1. The number of hydrogen-bond donors (Lipinski definition) is 3. The number of ether oxygens (including phenoxy) is 1. The van der Waals surface area contributed by atoms with Crippen molar-refractivity contribution in [3.63, 3.8) is 0 Å². The van der Waals surface area contributed by atoms with Crippen molar-refractivity contribution in [1.82, 2.24) is 5.32 Å². The van der Waals surface area contributed by atoms with Gasteiger partial charge in [-0.1, -0.05) is 6.07 Å². The summed E-state index contributed by atoms with van der Waals surface area (Å²) in [4.78, 5) is 22.3. The maximum absolute atomic E-state index is 11.6. The first-order valence-electron chi connectivity index (χ1n) is 7.06. The number of amides is 1. The second-order valence-corrected chi connectivity index (χ2v) is 5.66. The van der Waals surface area contributed by atoms with Gasteiger partial charge in [0.25, 0.3) is 0 Å². The molecular formula is C16H23NO5. The average Bonchev–Trinajstić information content (AvgIpc) is 2.41. The minimum atomic E-state index is -1.97. The van der Waals surface area contributed by atoms with E-state index in [1.54, 1.807) is 0 Å². The van der Waals surface area contributed by atoms with Gasteiger partial charge in [0, 0.05) is 0 Å². The van der Waals surface area contributed by atoms with E-state index in [-0.39, 0.29) is 25.5 Å². The Balaban J connectivity index is 2.45. The lowest BCUT2D eigenvalue weighted by atomic mass is 10.1. The van der Waals surface area contributed by atoms with Crippen molar-refractivity contribution in [3.05, 3.63) is 28.8 Å². The summed E-state index contributed by atoms with van der Waals surface area (Å²) in [5.74, 6) is -1.01. The molecule has 3 N–H and O–H groups in total. The first-order valence-corrected chi connectivity index (χ1v) is 7.06. The summed E-state index contributed by atoms with van der Waals surface area (Å²) >= 11 is 0. The molecule has 0 aliphatic heterocycles. The van der Waals surface area contributed by atoms with Gasteiger partial charge in [-0.05, 0) is 50.5 Å². The number of rotatable bonds is 7. The summed E-state index contributed by atoms with van der Waals surface area (Å²) in [6, 6.07) is 3.97. The molecule has 1 aromatic carbocycles. The van der Waals surface area contributed by atoms with Crippen LogP contribution in [0.1, 0.15) is 30.0 Å². The molecule has 1 atom stereocenters.